The van der Waals surface area contributed by atoms with Gasteiger partial charge < -0.3 is 15.2 Å². The highest BCUT2D eigenvalue weighted by Gasteiger charge is 2.20. The molecule has 0 fully saturated rings. The molecule has 1 rings (SSSR count). The van der Waals surface area contributed by atoms with Gasteiger partial charge in [0, 0.05) is 24.1 Å². The Morgan fingerprint density at radius 1 is 1.50 bits per heavy atom. The SMILES string of the molecule is COCC(CO)Nc1nc(C(C)(C)C)ns1. The minimum atomic E-state index is -0.134. The number of methoxy groups -OCH3 is 1. The third-order valence-electron chi connectivity index (χ3n) is 2.01. The van der Waals surface area contributed by atoms with E-state index in [1.807, 2.05) is 0 Å². The lowest BCUT2D eigenvalue weighted by Gasteiger charge is -2.14. The van der Waals surface area contributed by atoms with Crippen molar-refractivity contribution in [3.05, 3.63) is 5.82 Å². The summed E-state index contributed by atoms with van der Waals surface area (Å²) >= 11 is 1.31. The Hall–Kier alpha value is -0.720. The average molecular weight is 245 g/mol. The van der Waals surface area contributed by atoms with E-state index in [1.54, 1.807) is 7.11 Å². The first-order valence-corrected chi connectivity index (χ1v) is 5.95. The van der Waals surface area contributed by atoms with Crippen LogP contribution in [0.2, 0.25) is 0 Å². The van der Waals surface area contributed by atoms with Gasteiger partial charge in [-0.1, -0.05) is 20.8 Å². The van der Waals surface area contributed by atoms with Gasteiger partial charge in [0.05, 0.1) is 19.3 Å². The van der Waals surface area contributed by atoms with Gasteiger partial charge in [-0.3, -0.25) is 0 Å². The van der Waals surface area contributed by atoms with Crippen molar-refractivity contribution in [2.45, 2.75) is 32.2 Å². The summed E-state index contributed by atoms with van der Waals surface area (Å²) in [5.74, 6) is 0.814. The zero-order valence-electron chi connectivity index (χ0n) is 10.1. The quantitative estimate of drug-likeness (QED) is 0.817. The van der Waals surface area contributed by atoms with Gasteiger partial charge in [0.25, 0.3) is 0 Å². The summed E-state index contributed by atoms with van der Waals surface area (Å²) in [6.45, 7) is 6.66. The highest BCUT2D eigenvalue weighted by Crippen LogP contribution is 2.23. The third-order valence-corrected chi connectivity index (χ3v) is 2.66. The summed E-state index contributed by atoms with van der Waals surface area (Å²) in [5.41, 5.74) is -0.0492. The number of nitrogens with zero attached hydrogens (tertiary/aromatic N) is 2. The summed E-state index contributed by atoms with van der Waals surface area (Å²) in [7, 11) is 1.60. The van der Waals surface area contributed by atoms with E-state index in [0.29, 0.717) is 6.61 Å². The molecule has 92 valence electrons. The predicted molar refractivity (Wildman–Crippen MR) is 65.0 cm³/mol. The molecule has 1 aromatic rings. The topological polar surface area (TPSA) is 67.3 Å². The Balaban J connectivity index is 2.64. The predicted octanol–water partition coefficient (Wildman–Crippen LogP) is 1.25. The van der Waals surface area contributed by atoms with Crippen molar-refractivity contribution in [3.8, 4) is 0 Å². The van der Waals surface area contributed by atoms with Gasteiger partial charge in [0.2, 0.25) is 5.13 Å². The minimum Gasteiger partial charge on any atom is -0.394 e. The fourth-order valence-electron chi connectivity index (χ4n) is 1.10. The second-order valence-corrected chi connectivity index (χ2v) is 5.40. The van der Waals surface area contributed by atoms with Gasteiger partial charge in [0.15, 0.2) is 0 Å². The first kappa shape index (κ1) is 13.3. The normalized spacial score (nSPS) is 13.8. The van der Waals surface area contributed by atoms with Crippen LogP contribution in [0.4, 0.5) is 5.13 Å². The highest BCUT2D eigenvalue weighted by molar-refractivity contribution is 7.09. The monoisotopic (exact) mass is 245 g/mol. The van der Waals surface area contributed by atoms with Crippen molar-refractivity contribution in [2.24, 2.45) is 0 Å². The zero-order chi connectivity index (χ0) is 12.2. The summed E-state index contributed by atoms with van der Waals surface area (Å²) in [6.07, 6.45) is 0. The van der Waals surface area contributed by atoms with E-state index in [-0.39, 0.29) is 18.1 Å². The molecule has 16 heavy (non-hydrogen) atoms. The maximum absolute atomic E-state index is 9.10. The van der Waals surface area contributed by atoms with Crippen molar-refractivity contribution < 1.29 is 9.84 Å². The number of hydrogen-bond acceptors (Lipinski definition) is 6. The summed E-state index contributed by atoms with van der Waals surface area (Å²) < 4.78 is 9.26. The third kappa shape index (κ3) is 3.70. The second kappa shape index (κ2) is 5.56. The lowest BCUT2D eigenvalue weighted by atomic mass is 9.96. The summed E-state index contributed by atoms with van der Waals surface area (Å²) in [5, 5.41) is 12.9. The van der Waals surface area contributed by atoms with Gasteiger partial charge in [-0.05, 0) is 0 Å². The number of nitrogens with one attached hydrogen (secondary N) is 1. The molecule has 0 saturated heterocycles. The molecule has 0 amide bonds. The molecule has 0 bridgehead atoms. The van der Waals surface area contributed by atoms with E-state index in [0.717, 1.165) is 11.0 Å². The summed E-state index contributed by atoms with van der Waals surface area (Å²) in [4.78, 5) is 4.38. The fraction of sp³-hybridized carbons (Fsp3) is 0.800. The molecule has 0 saturated carbocycles. The van der Waals surface area contributed by atoms with Gasteiger partial charge >= 0.3 is 0 Å². The lowest BCUT2D eigenvalue weighted by molar-refractivity contribution is 0.153. The molecule has 1 heterocycles. The van der Waals surface area contributed by atoms with Gasteiger partial charge in [-0.25, -0.2) is 4.98 Å². The molecule has 1 aromatic heterocycles. The van der Waals surface area contributed by atoms with Crippen LogP contribution in [-0.2, 0) is 10.2 Å². The molecule has 0 radical (unpaired) electrons. The number of anilines is 1. The maximum atomic E-state index is 9.10. The molecule has 0 aliphatic carbocycles. The second-order valence-electron chi connectivity index (χ2n) is 4.65. The van der Waals surface area contributed by atoms with Crippen LogP contribution in [0, 0.1) is 0 Å². The van der Waals surface area contributed by atoms with Crippen LogP contribution in [0.5, 0.6) is 0 Å². The highest BCUT2D eigenvalue weighted by atomic mass is 32.1. The molecule has 2 N–H and O–H groups in total. The van der Waals surface area contributed by atoms with E-state index in [4.69, 9.17) is 9.84 Å². The van der Waals surface area contributed by atoms with Crippen molar-refractivity contribution in [2.75, 3.05) is 25.6 Å². The fourth-order valence-corrected chi connectivity index (χ4v) is 1.94. The van der Waals surface area contributed by atoms with Crippen LogP contribution in [0.1, 0.15) is 26.6 Å². The first-order valence-electron chi connectivity index (χ1n) is 5.18. The van der Waals surface area contributed by atoms with Gasteiger partial charge in [-0.15, -0.1) is 0 Å². The van der Waals surface area contributed by atoms with E-state index < -0.39 is 0 Å². The Kier molecular flexibility index (Phi) is 4.64. The number of rotatable bonds is 5. The van der Waals surface area contributed by atoms with Crippen LogP contribution in [0.25, 0.3) is 0 Å². The van der Waals surface area contributed by atoms with E-state index >= 15 is 0 Å². The Morgan fingerprint density at radius 3 is 2.62 bits per heavy atom. The van der Waals surface area contributed by atoms with E-state index in [9.17, 15) is 0 Å². The summed E-state index contributed by atoms with van der Waals surface area (Å²) in [6, 6.07) is -0.134. The van der Waals surface area contributed by atoms with Crippen molar-refractivity contribution in [1.82, 2.24) is 9.36 Å². The smallest absolute Gasteiger partial charge is 0.202 e. The molecular formula is C10H19N3O2S. The molecule has 5 nitrogen and oxygen atoms in total. The van der Waals surface area contributed by atoms with Crippen molar-refractivity contribution in [3.63, 3.8) is 0 Å². The number of aliphatic hydroxyl groups excluding tert-OH is 1. The molecule has 0 aliphatic rings. The number of hydrogen-bond donors (Lipinski definition) is 2. The molecule has 0 aromatic carbocycles. The average Bonchev–Trinajstić information content (AvgIpc) is 2.65. The van der Waals surface area contributed by atoms with E-state index in [2.05, 4.69) is 35.4 Å². The molecule has 1 unspecified atom stereocenters. The molecule has 0 spiro atoms. The largest absolute Gasteiger partial charge is 0.394 e. The number of aromatic nitrogens is 2. The minimum absolute atomic E-state index is 0.0122. The number of aliphatic hydroxyl groups is 1. The maximum Gasteiger partial charge on any atom is 0.202 e. The Morgan fingerprint density at radius 2 is 2.19 bits per heavy atom. The standard InChI is InChI=1S/C10H19N3O2S/c1-10(2,3)8-12-9(16-13-8)11-7(5-14)6-15-4/h7,14H,5-6H2,1-4H3,(H,11,12,13). The molecule has 6 heteroatoms. The van der Waals surface area contributed by atoms with Gasteiger partial charge in [-0.2, -0.15) is 4.37 Å². The number of ether oxygens (including phenoxy) is 1. The van der Waals surface area contributed by atoms with Crippen LogP contribution in [0.15, 0.2) is 0 Å². The van der Waals surface area contributed by atoms with Crippen LogP contribution < -0.4 is 5.32 Å². The zero-order valence-corrected chi connectivity index (χ0v) is 11.0. The van der Waals surface area contributed by atoms with Crippen LogP contribution in [-0.4, -0.2) is 40.8 Å². The Labute approximate surface area is 100 Å². The van der Waals surface area contributed by atoms with Crippen molar-refractivity contribution >= 4 is 16.7 Å². The molecule has 1 atom stereocenters. The Bertz CT molecular complexity index is 322. The van der Waals surface area contributed by atoms with E-state index in [1.165, 1.54) is 11.5 Å². The van der Waals surface area contributed by atoms with Crippen LogP contribution >= 0.6 is 11.5 Å². The van der Waals surface area contributed by atoms with Crippen molar-refractivity contribution in [1.29, 1.82) is 0 Å². The van der Waals surface area contributed by atoms with Crippen LogP contribution in [0.3, 0.4) is 0 Å². The first-order chi connectivity index (χ1) is 7.47. The van der Waals surface area contributed by atoms with Gasteiger partial charge in [0.1, 0.15) is 5.82 Å². The lowest BCUT2D eigenvalue weighted by Crippen LogP contribution is -2.28. The molecule has 0 aliphatic heterocycles. The molecular weight excluding hydrogens is 226 g/mol.